The summed E-state index contributed by atoms with van der Waals surface area (Å²) in [5, 5.41) is 5.03. The van der Waals surface area contributed by atoms with Gasteiger partial charge in [-0.25, -0.2) is 0 Å². The Bertz CT molecular complexity index is 1130. The first-order chi connectivity index (χ1) is 14.5. The van der Waals surface area contributed by atoms with Crippen LogP contribution in [0.2, 0.25) is 0 Å². The van der Waals surface area contributed by atoms with Crippen LogP contribution in [-0.2, 0) is 4.79 Å². The molecule has 3 amide bonds. The average Bonchev–Trinajstić information content (AvgIpc) is 3.02. The molecule has 1 aliphatic rings. The summed E-state index contributed by atoms with van der Waals surface area (Å²) in [6, 6.07) is 20.6. The quantitative estimate of drug-likeness (QED) is 0.612. The summed E-state index contributed by atoms with van der Waals surface area (Å²) in [6.07, 6.45) is -0.690. The third-order valence-electron chi connectivity index (χ3n) is 4.47. The first-order valence-corrected chi connectivity index (χ1v) is 9.30. The minimum atomic E-state index is -0.690. The summed E-state index contributed by atoms with van der Waals surface area (Å²) in [5.74, 6) is 0.309. The van der Waals surface area contributed by atoms with E-state index in [1.54, 1.807) is 55.5 Å². The molecular weight excluding hydrogens is 384 g/mol. The molecule has 0 saturated heterocycles. The number of nitrogens with one attached hydrogen (secondary N) is 2. The van der Waals surface area contributed by atoms with Gasteiger partial charge in [0.1, 0.15) is 17.2 Å². The Morgan fingerprint density at radius 1 is 0.833 bits per heavy atom. The zero-order valence-electron chi connectivity index (χ0n) is 16.0. The number of amides is 3. The Morgan fingerprint density at radius 2 is 1.53 bits per heavy atom. The highest BCUT2D eigenvalue weighted by molar-refractivity contribution is 6.21. The van der Waals surface area contributed by atoms with E-state index in [-0.39, 0.29) is 11.5 Å². The molecule has 30 heavy (non-hydrogen) atoms. The molecule has 7 heteroatoms. The monoisotopic (exact) mass is 402 g/mol. The van der Waals surface area contributed by atoms with E-state index in [4.69, 9.17) is 9.47 Å². The molecule has 0 bridgehead atoms. The first-order valence-electron chi connectivity index (χ1n) is 9.30. The van der Waals surface area contributed by atoms with Crippen LogP contribution in [0.3, 0.4) is 0 Å². The third kappa shape index (κ3) is 4.15. The second-order valence-corrected chi connectivity index (χ2v) is 6.68. The molecule has 0 aromatic heterocycles. The highest BCUT2D eigenvalue weighted by Crippen LogP contribution is 2.28. The number of carbonyl (C=O) groups excluding carboxylic acids is 3. The predicted octanol–water partition coefficient (Wildman–Crippen LogP) is 3.77. The summed E-state index contributed by atoms with van der Waals surface area (Å²) in [6.45, 7) is 1.67. The van der Waals surface area contributed by atoms with Gasteiger partial charge in [-0.05, 0) is 49.4 Å². The second-order valence-electron chi connectivity index (χ2n) is 6.68. The summed E-state index contributed by atoms with van der Waals surface area (Å²) in [7, 11) is 0. The molecule has 0 unspecified atom stereocenters. The van der Waals surface area contributed by atoms with Crippen molar-refractivity contribution in [1.82, 2.24) is 5.32 Å². The van der Waals surface area contributed by atoms with Crippen LogP contribution >= 0.6 is 0 Å². The van der Waals surface area contributed by atoms with Gasteiger partial charge >= 0.3 is 0 Å². The van der Waals surface area contributed by atoms with E-state index in [0.717, 1.165) is 0 Å². The minimum absolute atomic E-state index is 0.272. The van der Waals surface area contributed by atoms with E-state index in [1.807, 2.05) is 18.2 Å². The number of anilines is 1. The lowest BCUT2D eigenvalue weighted by Gasteiger charge is -2.15. The topological polar surface area (TPSA) is 93.7 Å². The SMILES string of the molecule is C[C@@H](Oc1ccccc1)C(=O)Nc1cccc(Oc2ccc3c(c2)C(=O)NC3=O)c1. The maximum absolute atomic E-state index is 12.4. The number of benzene rings is 3. The molecule has 0 aliphatic carbocycles. The molecule has 3 aromatic carbocycles. The standard InChI is InChI=1S/C23H18N2O5/c1-14(29-16-7-3-2-4-8-16)21(26)24-15-6-5-9-17(12-15)30-18-10-11-19-20(13-18)23(28)25-22(19)27/h2-14H,1H3,(H,24,26)(H,25,27,28)/t14-/m1/s1. The minimum Gasteiger partial charge on any atom is -0.481 e. The lowest BCUT2D eigenvalue weighted by molar-refractivity contribution is -0.122. The third-order valence-corrected chi connectivity index (χ3v) is 4.47. The van der Waals surface area contributed by atoms with Crippen LogP contribution in [0.15, 0.2) is 72.8 Å². The normalized spacial score (nSPS) is 13.2. The lowest BCUT2D eigenvalue weighted by Crippen LogP contribution is -2.30. The molecule has 0 fully saturated rings. The van der Waals surface area contributed by atoms with Gasteiger partial charge in [-0.1, -0.05) is 24.3 Å². The fourth-order valence-corrected chi connectivity index (χ4v) is 2.98. The van der Waals surface area contributed by atoms with Crippen molar-refractivity contribution in [3.05, 3.63) is 83.9 Å². The summed E-state index contributed by atoms with van der Waals surface area (Å²) >= 11 is 0. The van der Waals surface area contributed by atoms with E-state index in [1.165, 1.54) is 6.07 Å². The Labute approximate surface area is 172 Å². The molecule has 0 saturated carbocycles. The molecule has 1 aliphatic heterocycles. The van der Waals surface area contributed by atoms with Crippen molar-refractivity contribution in [2.45, 2.75) is 13.0 Å². The summed E-state index contributed by atoms with van der Waals surface area (Å²) < 4.78 is 11.4. The van der Waals surface area contributed by atoms with Crippen molar-refractivity contribution < 1.29 is 23.9 Å². The van der Waals surface area contributed by atoms with Crippen LogP contribution in [0.5, 0.6) is 17.2 Å². The van der Waals surface area contributed by atoms with Crippen LogP contribution in [0.1, 0.15) is 27.6 Å². The van der Waals surface area contributed by atoms with E-state index in [0.29, 0.717) is 28.5 Å². The molecule has 1 atom stereocenters. The van der Waals surface area contributed by atoms with Crippen LogP contribution in [0.4, 0.5) is 5.69 Å². The smallest absolute Gasteiger partial charge is 0.265 e. The molecule has 4 rings (SSSR count). The fourth-order valence-electron chi connectivity index (χ4n) is 2.98. The maximum atomic E-state index is 12.4. The average molecular weight is 402 g/mol. The molecule has 0 spiro atoms. The molecule has 7 nitrogen and oxygen atoms in total. The second kappa shape index (κ2) is 8.08. The Kier molecular flexibility index (Phi) is 5.17. The number of para-hydroxylation sites is 1. The van der Waals surface area contributed by atoms with Gasteiger partial charge in [0.05, 0.1) is 11.1 Å². The number of carbonyl (C=O) groups is 3. The predicted molar refractivity (Wildman–Crippen MR) is 110 cm³/mol. The van der Waals surface area contributed by atoms with Gasteiger partial charge < -0.3 is 14.8 Å². The maximum Gasteiger partial charge on any atom is 0.265 e. The van der Waals surface area contributed by atoms with E-state index < -0.39 is 17.9 Å². The molecule has 2 N–H and O–H groups in total. The number of fused-ring (bicyclic) bond motifs is 1. The van der Waals surface area contributed by atoms with Crippen molar-refractivity contribution >= 4 is 23.4 Å². The highest BCUT2D eigenvalue weighted by Gasteiger charge is 2.27. The molecular formula is C23H18N2O5. The van der Waals surface area contributed by atoms with Crippen LogP contribution in [-0.4, -0.2) is 23.8 Å². The highest BCUT2D eigenvalue weighted by atomic mass is 16.5. The summed E-state index contributed by atoms with van der Waals surface area (Å²) in [5.41, 5.74) is 1.13. The number of hydrogen-bond acceptors (Lipinski definition) is 5. The lowest BCUT2D eigenvalue weighted by atomic mass is 10.1. The number of rotatable bonds is 6. The van der Waals surface area contributed by atoms with Crippen molar-refractivity contribution in [1.29, 1.82) is 0 Å². The van der Waals surface area contributed by atoms with Gasteiger partial charge in [0.25, 0.3) is 17.7 Å². The van der Waals surface area contributed by atoms with Gasteiger partial charge in [-0.2, -0.15) is 0 Å². The number of ether oxygens (including phenoxy) is 2. The largest absolute Gasteiger partial charge is 0.481 e. The Morgan fingerprint density at radius 3 is 2.33 bits per heavy atom. The van der Waals surface area contributed by atoms with Crippen molar-refractivity contribution in [3.63, 3.8) is 0 Å². The van der Waals surface area contributed by atoms with E-state index in [9.17, 15) is 14.4 Å². The van der Waals surface area contributed by atoms with Crippen molar-refractivity contribution in [2.75, 3.05) is 5.32 Å². The number of hydrogen-bond donors (Lipinski definition) is 2. The fraction of sp³-hybridized carbons (Fsp3) is 0.0870. The van der Waals surface area contributed by atoms with Gasteiger partial charge in [-0.15, -0.1) is 0 Å². The van der Waals surface area contributed by atoms with Gasteiger partial charge in [0.2, 0.25) is 0 Å². The summed E-state index contributed by atoms with van der Waals surface area (Å²) in [4.78, 5) is 35.9. The first kappa shape index (κ1) is 19.2. The van der Waals surface area contributed by atoms with E-state index >= 15 is 0 Å². The molecule has 0 radical (unpaired) electrons. The Balaban J connectivity index is 1.43. The van der Waals surface area contributed by atoms with Crippen LogP contribution in [0, 0.1) is 0 Å². The zero-order chi connectivity index (χ0) is 21.1. The van der Waals surface area contributed by atoms with Crippen LogP contribution < -0.4 is 20.1 Å². The van der Waals surface area contributed by atoms with Gasteiger partial charge in [0, 0.05) is 11.8 Å². The molecule has 1 heterocycles. The van der Waals surface area contributed by atoms with Gasteiger partial charge in [-0.3, -0.25) is 19.7 Å². The number of imide groups is 1. The van der Waals surface area contributed by atoms with Gasteiger partial charge in [0.15, 0.2) is 6.10 Å². The molecule has 3 aromatic rings. The Hall–Kier alpha value is -4.13. The van der Waals surface area contributed by atoms with Crippen LogP contribution in [0.25, 0.3) is 0 Å². The molecule has 150 valence electrons. The van der Waals surface area contributed by atoms with Crippen molar-refractivity contribution in [3.8, 4) is 17.2 Å². The van der Waals surface area contributed by atoms with Crippen molar-refractivity contribution in [2.24, 2.45) is 0 Å². The van der Waals surface area contributed by atoms with E-state index in [2.05, 4.69) is 10.6 Å². The zero-order valence-corrected chi connectivity index (χ0v) is 16.0.